The molecule has 0 aliphatic carbocycles. The Morgan fingerprint density at radius 1 is 1.17 bits per heavy atom. The molecule has 2 aromatic carbocycles. The molecule has 5 heteroatoms. The van der Waals surface area contributed by atoms with E-state index in [2.05, 4.69) is 5.32 Å². The predicted octanol–water partition coefficient (Wildman–Crippen LogP) is 2.59. The molecular weight excluding hydrogens is 292 g/mol. The highest BCUT2D eigenvalue weighted by Gasteiger charge is 2.13. The first-order valence-electron chi connectivity index (χ1n) is 7.11. The molecule has 5 nitrogen and oxygen atoms in total. The number of amides is 1. The van der Waals surface area contributed by atoms with Gasteiger partial charge in [-0.05, 0) is 30.7 Å². The van der Waals surface area contributed by atoms with Gasteiger partial charge in [0.25, 0.3) is 5.91 Å². The standard InChI is InChI=1S/C18H16N2O3/c1-13(15-7-3-2-4-8-15)20-17(21)12-23-18(22)16-9-5-6-14(10-16)11-19/h2-10,13H,12H2,1H3,(H,20,21)/t13-/m0/s1. The van der Waals surface area contributed by atoms with Crippen LogP contribution in [0.15, 0.2) is 54.6 Å². The van der Waals surface area contributed by atoms with Gasteiger partial charge in [0.05, 0.1) is 23.2 Å². The van der Waals surface area contributed by atoms with Crippen LogP contribution < -0.4 is 5.32 Å². The molecular formula is C18H16N2O3. The third-order valence-electron chi connectivity index (χ3n) is 3.24. The minimum absolute atomic E-state index is 0.177. The number of ether oxygens (including phenoxy) is 1. The number of hydrogen-bond acceptors (Lipinski definition) is 4. The highest BCUT2D eigenvalue weighted by molar-refractivity contribution is 5.91. The number of nitriles is 1. The molecule has 23 heavy (non-hydrogen) atoms. The van der Waals surface area contributed by atoms with Gasteiger partial charge in [-0.3, -0.25) is 4.79 Å². The topological polar surface area (TPSA) is 79.2 Å². The van der Waals surface area contributed by atoms with Crippen molar-refractivity contribution in [2.45, 2.75) is 13.0 Å². The first kappa shape index (κ1) is 16.2. The van der Waals surface area contributed by atoms with Gasteiger partial charge < -0.3 is 10.1 Å². The van der Waals surface area contributed by atoms with Crippen molar-refractivity contribution in [1.29, 1.82) is 5.26 Å². The SMILES string of the molecule is C[C@H](NC(=O)COC(=O)c1cccc(C#N)c1)c1ccccc1. The van der Waals surface area contributed by atoms with Crippen LogP contribution in [-0.2, 0) is 9.53 Å². The van der Waals surface area contributed by atoms with Crippen LogP contribution in [0.3, 0.4) is 0 Å². The summed E-state index contributed by atoms with van der Waals surface area (Å²) in [7, 11) is 0. The fourth-order valence-corrected chi connectivity index (χ4v) is 2.04. The van der Waals surface area contributed by atoms with E-state index in [9.17, 15) is 9.59 Å². The zero-order valence-electron chi connectivity index (χ0n) is 12.7. The second-order valence-corrected chi connectivity index (χ2v) is 4.97. The Balaban J connectivity index is 1.86. The Hall–Kier alpha value is -3.13. The number of hydrogen-bond donors (Lipinski definition) is 1. The fourth-order valence-electron chi connectivity index (χ4n) is 2.04. The van der Waals surface area contributed by atoms with Crippen molar-refractivity contribution in [3.63, 3.8) is 0 Å². The van der Waals surface area contributed by atoms with Gasteiger partial charge >= 0.3 is 5.97 Å². The van der Waals surface area contributed by atoms with Gasteiger partial charge in [0.2, 0.25) is 0 Å². The summed E-state index contributed by atoms with van der Waals surface area (Å²) in [5.41, 5.74) is 1.57. The van der Waals surface area contributed by atoms with Crippen LogP contribution >= 0.6 is 0 Å². The van der Waals surface area contributed by atoms with Crippen molar-refractivity contribution in [2.75, 3.05) is 6.61 Å². The Morgan fingerprint density at radius 3 is 2.61 bits per heavy atom. The number of carbonyl (C=O) groups is 2. The molecule has 0 aliphatic heterocycles. The van der Waals surface area contributed by atoms with Crippen molar-refractivity contribution in [1.82, 2.24) is 5.32 Å². The molecule has 0 fully saturated rings. The second-order valence-electron chi connectivity index (χ2n) is 4.97. The van der Waals surface area contributed by atoms with Crippen molar-refractivity contribution >= 4 is 11.9 Å². The minimum atomic E-state index is -0.635. The maximum atomic E-state index is 11.9. The van der Waals surface area contributed by atoms with Crippen LogP contribution in [0.2, 0.25) is 0 Å². The van der Waals surface area contributed by atoms with Crippen molar-refractivity contribution in [2.24, 2.45) is 0 Å². The molecule has 0 aromatic heterocycles. The van der Waals surface area contributed by atoms with Crippen LogP contribution in [0.5, 0.6) is 0 Å². The largest absolute Gasteiger partial charge is 0.452 e. The van der Waals surface area contributed by atoms with E-state index >= 15 is 0 Å². The molecule has 116 valence electrons. The van der Waals surface area contributed by atoms with E-state index in [-0.39, 0.29) is 24.1 Å². The Morgan fingerprint density at radius 2 is 1.91 bits per heavy atom. The van der Waals surface area contributed by atoms with Gasteiger partial charge in [-0.1, -0.05) is 36.4 Å². The lowest BCUT2D eigenvalue weighted by molar-refractivity contribution is -0.124. The Labute approximate surface area is 134 Å². The van der Waals surface area contributed by atoms with Gasteiger partial charge in [0.15, 0.2) is 6.61 Å². The number of rotatable bonds is 5. The van der Waals surface area contributed by atoms with E-state index in [1.165, 1.54) is 12.1 Å². The molecule has 0 bridgehead atoms. The average molecular weight is 308 g/mol. The van der Waals surface area contributed by atoms with E-state index < -0.39 is 5.97 Å². The van der Waals surface area contributed by atoms with Gasteiger partial charge in [-0.15, -0.1) is 0 Å². The summed E-state index contributed by atoms with van der Waals surface area (Å²) in [4.78, 5) is 23.7. The molecule has 0 heterocycles. The zero-order valence-corrected chi connectivity index (χ0v) is 12.7. The van der Waals surface area contributed by atoms with Crippen molar-refractivity contribution in [3.8, 4) is 6.07 Å². The third-order valence-corrected chi connectivity index (χ3v) is 3.24. The molecule has 2 aromatic rings. The summed E-state index contributed by atoms with van der Waals surface area (Å²) in [6, 6.07) is 17.4. The summed E-state index contributed by atoms with van der Waals surface area (Å²) in [5, 5.41) is 11.6. The smallest absolute Gasteiger partial charge is 0.338 e. The minimum Gasteiger partial charge on any atom is -0.452 e. The normalized spacial score (nSPS) is 11.1. The Kier molecular flexibility index (Phi) is 5.48. The van der Waals surface area contributed by atoms with E-state index in [1.807, 2.05) is 43.3 Å². The summed E-state index contributed by atoms with van der Waals surface area (Å²) in [5.74, 6) is -1.02. The molecule has 1 amide bonds. The predicted molar refractivity (Wildman–Crippen MR) is 84.4 cm³/mol. The van der Waals surface area contributed by atoms with E-state index in [0.29, 0.717) is 5.56 Å². The highest BCUT2D eigenvalue weighted by atomic mass is 16.5. The van der Waals surface area contributed by atoms with Gasteiger partial charge in [-0.2, -0.15) is 5.26 Å². The third kappa shape index (κ3) is 4.68. The van der Waals surface area contributed by atoms with Crippen molar-refractivity contribution < 1.29 is 14.3 Å². The molecule has 0 saturated heterocycles. The van der Waals surface area contributed by atoms with E-state index in [0.717, 1.165) is 5.56 Å². The van der Waals surface area contributed by atoms with Gasteiger partial charge in [0, 0.05) is 0 Å². The van der Waals surface area contributed by atoms with Crippen LogP contribution in [0, 0.1) is 11.3 Å². The lowest BCUT2D eigenvalue weighted by atomic mass is 10.1. The number of esters is 1. The maximum Gasteiger partial charge on any atom is 0.338 e. The van der Waals surface area contributed by atoms with E-state index in [4.69, 9.17) is 10.00 Å². The van der Waals surface area contributed by atoms with Crippen LogP contribution in [-0.4, -0.2) is 18.5 Å². The number of benzene rings is 2. The quantitative estimate of drug-likeness (QED) is 0.861. The lowest BCUT2D eigenvalue weighted by Crippen LogP contribution is -2.31. The second kappa shape index (κ2) is 7.76. The van der Waals surface area contributed by atoms with Crippen molar-refractivity contribution in [3.05, 3.63) is 71.3 Å². The monoisotopic (exact) mass is 308 g/mol. The number of nitrogens with one attached hydrogen (secondary N) is 1. The number of nitrogens with zero attached hydrogens (tertiary/aromatic N) is 1. The van der Waals surface area contributed by atoms with Crippen LogP contribution in [0.4, 0.5) is 0 Å². The molecule has 0 radical (unpaired) electrons. The molecule has 1 atom stereocenters. The molecule has 0 saturated carbocycles. The zero-order chi connectivity index (χ0) is 16.7. The first-order chi connectivity index (χ1) is 11.1. The van der Waals surface area contributed by atoms with Gasteiger partial charge in [-0.25, -0.2) is 4.79 Å². The lowest BCUT2D eigenvalue weighted by Gasteiger charge is -2.14. The van der Waals surface area contributed by atoms with E-state index in [1.54, 1.807) is 12.1 Å². The average Bonchev–Trinajstić information content (AvgIpc) is 2.60. The maximum absolute atomic E-state index is 11.9. The Bertz CT molecular complexity index is 735. The molecule has 0 spiro atoms. The molecule has 0 aliphatic rings. The van der Waals surface area contributed by atoms with Crippen LogP contribution in [0.1, 0.15) is 34.5 Å². The summed E-state index contributed by atoms with van der Waals surface area (Å²) < 4.78 is 4.97. The summed E-state index contributed by atoms with van der Waals surface area (Å²) in [6.45, 7) is 1.48. The summed E-state index contributed by atoms with van der Waals surface area (Å²) in [6.07, 6.45) is 0. The molecule has 1 N–H and O–H groups in total. The molecule has 2 rings (SSSR count). The first-order valence-corrected chi connectivity index (χ1v) is 7.11. The fraction of sp³-hybridized carbons (Fsp3) is 0.167. The van der Waals surface area contributed by atoms with Gasteiger partial charge in [0.1, 0.15) is 0 Å². The number of carbonyl (C=O) groups excluding carboxylic acids is 2. The van der Waals surface area contributed by atoms with Crippen LogP contribution in [0.25, 0.3) is 0 Å². The summed E-state index contributed by atoms with van der Waals surface area (Å²) >= 11 is 0. The highest BCUT2D eigenvalue weighted by Crippen LogP contribution is 2.11. The molecule has 0 unspecified atom stereocenters.